The lowest BCUT2D eigenvalue weighted by molar-refractivity contribution is 0.240. The first-order chi connectivity index (χ1) is 9.88. The molecule has 5 nitrogen and oxygen atoms in total. The predicted octanol–water partition coefficient (Wildman–Crippen LogP) is 1.81. The molecule has 0 saturated heterocycles. The Bertz CT molecular complexity index is 581. The van der Waals surface area contributed by atoms with Crippen LogP contribution >= 0.6 is 0 Å². The molecule has 0 unspecified atom stereocenters. The van der Waals surface area contributed by atoms with Crippen molar-refractivity contribution >= 4 is 10.0 Å². The molecule has 2 N–H and O–H groups in total. The Kier molecular flexibility index (Phi) is 5.24. The second-order valence-electron chi connectivity index (χ2n) is 5.72. The van der Waals surface area contributed by atoms with Crippen molar-refractivity contribution in [2.45, 2.75) is 50.7 Å². The van der Waals surface area contributed by atoms with Gasteiger partial charge in [0.05, 0.1) is 11.0 Å². The first kappa shape index (κ1) is 16.3. The van der Waals surface area contributed by atoms with E-state index < -0.39 is 10.0 Å². The molecule has 1 aromatic carbocycles. The number of benzene rings is 1. The maximum atomic E-state index is 12.2. The Morgan fingerprint density at radius 1 is 1.29 bits per heavy atom. The normalized spacial score (nSPS) is 15.4. The molecule has 118 valence electrons. The second kappa shape index (κ2) is 6.77. The third-order valence-electron chi connectivity index (χ3n) is 3.25. The smallest absolute Gasteiger partial charge is 0.240 e. The molecule has 0 bridgehead atoms. The van der Waals surface area contributed by atoms with Crippen LogP contribution < -0.4 is 14.8 Å². The first-order valence-corrected chi connectivity index (χ1v) is 8.87. The van der Waals surface area contributed by atoms with Crippen molar-refractivity contribution in [3.05, 3.63) is 23.8 Å². The minimum Gasteiger partial charge on any atom is -0.491 e. The summed E-state index contributed by atoms with van der Waals surface area (Å²) in [7, 11) is -3.45. The molecule has 1 aliphatic rings. The van der Waals surface area contributed by atoms with Crippen LogP contribution in [-0.4, -0.2) is 33.7 Å². The van der Waals surface area contributed by atoms with Gasteiger partial charge < -0.3 is 10.1 Å². The molecule has 6 heteroatoms. The highest BCUT2D eigenvalue weighted by molar-refractivity contribution is 7.89. The molecule has 0 aliphatic heterocycles. The van der Waals surface area contributed by atoms with Crippen LogP contribution in [0.5, 0.6) is 5.75 Å². The van der Waals surface area contributed by atoms with Crippen molar-refractivity contribution in [3.8, 4) is 5.75 Å². The van der Waals surface area contributed by atoms with E-state index in [1.54, 1.807) is 18.2 Å². The fourth-order valence-corrected chi connectivity index (χ4v) is 3.12. The predicted molar refractivity (Wildman–Crippen MR) is 83.2 cm³/mol. The number of hydrogen-bond donors (Lipinski definition) is 2. The van der Waals surface area contributed by atoms with E-state index in [-0.39, 0.29) is 11.0 Å². The zero-order valence-electron chi connectivity index (χ0n) is 12.8. The molecule has 21 heavy (non-hydrogen) atoms. The lowest BCUT2D eigenvalue weighted by atomic mass is 10.2. The SMILES string of the molecule is Cc1cc(S(=O)(=O)NCCNC2CC2)ccc1OC(C)C. The summed E-state index contributed by atoms with van der Waals surface area (Å²) in [5.74, 6) is 0.722. The van der Waals surface area contributed by atoms with E-state index in [0.29, 0.717) is 19.1 Å². The van der Waals surface area contributed by atoms with Gasteiger partial charge in [0, 0.05) is 19.1 Å². The Balaban J connectivity index is 1.96. The highest BCUT2D eigenvalue weighted by Crippen LogP contribution is 2.22. The molecule has 1 aliphatic carbocycles. The van der Waals surface area contributed by atoms with E-state index in [0.717, 1.165) is 11.3 Å². The minimum absolute atomic E-state index is 0.0674. The summed E-state index contributed by atoms with van der Waals surface area (Å²) >= 11 is 0. The van der Waals surface area contributed by atoms with Gasteiger partial charge in [-0.05, 0) is 57.4 Å². The first-order valence-electron chi connectivity index (χ1n) is 7.39. The van der Waals surface area contributed by atoms with Crippen LogP contribution in [0.1, 0.15) is 32.3 Å². The van der Waals surface area contributed by atoms with E-state index in [1.165, 1.54) is 12.8 Å². The Morgan fingerprint density at radius 2 is 2.00 bits per heavy atom. The van der Waals surface area contributed by atoms with Gasteiger partial charge in [-0.1, -0.05) is 0 Å². The van der Waals surface area contributed by atoms with Crippen LogP contribution in [0.15, 0.2) is 23.1 Å². The Labute approximate surface area is 127 Å². The van der Waals surface area contributed by atoms with Gasteiger partial charge in [0.2, 0.25) is 10.0 Å². The third-order valence-corrected chi connectivity index (χ3v) is 4.71. The summed E-state index contributed by atoms with van der Waals surface area (Å²) in [4.78, 5) is 0.280. The third kappa shape index (κ3) is 4.98. The highest BCUT2D eigenvalue weighted by atomic mass is 32.2. The molecule has 1 saturated carbocycles. The topological polar surface area (TPSA) is 67.4 Å². The maximum Gasteiger partial charge on any atom is 0.240 e. The lowest BCUT2D eigenvalue weighted by Crippen LogP contribution is -2.32. The summed E-state index contributed by atoms with van der Waals surface area (Å²) in [6.45, 7) is 6.81. The average molecular weight is 312 g/mol. The molecular weight excluding hydrogens is 288 g/mol. The number of sulfonamides is 1. The van der Waals surface area contributed by atoms with Gasteiger partial charge in [0.25, 0.3) is 0 Å². The largest absolute Gasteiger partial charge is 0.491 e. The highest BCUT2D eigenvalue weighted by Gasteiger charge is 2.20. The zero-order chi connectivity index (χ0) is 15.5. The van der Waals surface area contributed by atoms with E-state index in [9.17, 15) is 8.42 Å². The van der Waals surface area contributed by atoms with Crippen LogP contribution in [0.25, 0.3) is 0 Å². The minimum atomic E-state index is -3.45. The van der Waals surface area contributed by atoms with Crippen molar-refractivity contribution in [1.82, 2.24) is 10.0 Å². The average Bonchev–Trinajstić information content (AvgIpc) is 3.20. The van der Waals surface area contributed by atoms with Gasteiger partial charge >= 0.3 is 0 Å². The van der Waals surface area contributed by atoms with Crippen molar-refractivity contribution < 1.29 is 13.2 Å². The number of aryl methyl sites for hydroxylation is 1. The molecule has 2 rings (SSSR count). The summed E-state index contributed by atoms with van der Waals surface area (Å²) < 4.78 is 32.6. The number of rotatable bonds is 8. The van der Waals surface area contributed by atoms with Gasteiger partial charge in [-0.3, -0.25) is 0 Å². The van der Waals surface area contributed by atoms with Crippen molar-refractivity contribution in [2.24, 2.45) is 0 Å². The molecule has 0 aromatic heterocycles. The second-order valence-corrected chi connectivity index (χ2v) is 7.49. The van der Waals surface area contributed by atoms with Gasteiger partial charge in [-0.25, -0.2) is 13.1 Å². The van der Waals surface area contributed by atoms with Gasteiger partial charge in [0.1, 0.15) is 5.75 Å². The van der Waals surface area contributed by atoms with Gasteiger partial charge in [-0.15, -0.1) is 0 Å². The number of ether oxygens (including phenoxy) is 1. The van der Waals surface area contributed by atoms with Crippen LogP contribution in [0, 0.1) is 6.92 Å². The molecular formula is C15H24N2O3S. The van der Waals surface area contributed by atoms with Crippen LogP contribution in [-0.2, 0) is 10.0 Å². The molecule has 0 amide bonds. The fourth-order valence-electron chi connectivity index (χ4n) is 2.01. The quantitative estimate of drug-likeness (QED) is 0.719. The fraction of sp³-hybridized carbons (Fsp3) is 0.600. The van der Waals surface area contributed by atoms with Gasteiger partial charge in [-0.2, -0.15) is 0 Å². The van der Waals surface area contributed by atoms with Crippen LogP contribution in [0.2, 0.25) is 0 Å². The lowest BCUT2D eigenvalue weighted by Gasteiger charge is -2.14. The molecule has 1 aromatic rings. The van der Waals surface area contributed by atoms with E-state index in [2.05, 4.69) is 10.0 Å². The molecule has 0 heterocycles. The number of nitrogens with one attached hydrogen (secondary N) is 2. The van der Waals surface area contributed by atoms with Crippen molar-refractivity contribution in [3.63, 3.8) is 0 Å². The van der Waals surface area contributed by atoms with E-state index in [4.69, 9.17) is 4.74 Å². The summed E-state index contributed by atoms with van der Waals surface area (Å²) in [6, 6.07) is 5.53. The van der Waals surface area contributed by atoms with E-state index >= 15 is 0 Å². The molecule has 0 radical (unpaired) electrons. The Hall–Kier alpha value is -1.11. The molecule has 0 atom stereocenters. The van der Waals surface area contributed by atoms with Crippen molar-refractivity contribution in [2.75, 3.05) is 13.1 Å². The maximum absolute atomic E-state index is 12.2. The zero-order valence-corrected chi connectivity index (χ0v) is 13.7. The Morgan fingerprint density at radius 3 is 2.57 bits per heavy atom. The van der Waals surface area contributed by atoms with Gasteiger partial charge in [0.15, 0.2) is 0 Å². The number of hydrogen-bond acceptors (Lipinski definition) is 4. The molecule has 0 spiro atoms. The summed E-state index contributed by atoms with van der Waals surface area (Å²) in [6.07, 6.45) is 2.46. The monoisotopic (exact) mass is 312 g/mol. The van der Waals surface area contributed by atoms with Crippen molar-refractivity contribution in [1.29, 1.82) is 0 Å². The van der Waals surface area contributed by atoms with Crippen LogP contribution in [0.3, 0.4) is 0 Å². The summed E-state index contributed by atoms with van der Waals surface area (Å²) in [5.41, 5.74) is 0.822. The van der Waals surface area contributed by atoms with E-state index in [1.807, 2.05) is 20.8 Å². The molecule has 1 fully saturated rings. The van der Waals surface area contributed by atoms with Crippen LogP contribution in [0.4, 0.5) is 0 Å². The standard InChI is InChI=1S/C15H24N2O3S/c1-11(2)20-15-7-6-14(10-12(15)3)21(18,19)17-9-8-16-13-4-5-13/h6-7,10-11,13,16-17H,4-5,8-9H2,1-3H3. The summed E-state index contributed by atoms with van der Waals surface area (Å²) in [5, 5.41) is 3.28.